The predicted molar refractivity (Wildman–Crippen MR) is 119 cm³/mol. The maximum atomic E-state index is 12.8. The zero-order valence-corrected chi connectivity index (χ0v) is 19.4. The minimum Gasteiger partial charge on any atom is -0.490 e. The van der Waals surface area contributed by atoms with E-state index in [9.17, 15) is 28.1 Å². The summed E-state index contributed by atoms with van der Waals surface area (Å²) in [5.74, 6) is 0.369. The number of nitrogens with zero attached hydrogens (tertiary/aromatic N) is 3. The van der Waals surface area contributed by atoms with Crippen LogP contribution in [0.3, 0.4) is 0 Å². The van der Waals surface area contributed by atoms with E-state index in [-0.39, 0.29) is 18.2 Å². The maximum Gasteiger partial charge on any atom is 0.416 e. The van der Waals surface area contributed by atoms with Crippen molar-refractivity contribution in [1.82, 2.24) is 4.90 Å². The van der Waals surface area contributed by atoms with Gasteiger partial charge in [-0.25, -0.2) is 0 Å². The normalized spacial score (nSPS) is 11.4. The van der Waals surface area contributed by atoms with E-state index in [2.05, 4.69) is 26.5 Å². The highest BCUT2D eigenvalue weighted by Crippen LogP contribution is 2.37. The van der Waals surface area contributed by atoms with Crippen molar-refractivity contribution in [2.75, 3.05) is 32.7 Å². The molecule has 2 aromatic carbocycles. The standard InChI is InChI=1S/C20H20BrF3N4O5/c1-4-32-17-8-12(7-14(21)19(17)33-11-18(29)27(2)3)10-25-26-15-6-5-13(20(22,23)24)9-16(15)28(30)31/h5-10,26H,4,11H2,1-3H3/b25-10-. The van der Waals surface area contributed by atoms with Crippen LogP contribution >= 0.6 is 15.9 Å². The molecule has 0 heterocycles. The molecule has 0 aliphatic heterocycles. The Morgan fingerprint density at radius 1 is 1.27 bits per heavy atom. The highest BCUT2D eigenvalue weighted by Gasteiger charge is 2.33. The lowest BCUT2D eigenvalue weighted by Crippen LogP contribution is -2.27. The molecule has 0 saturated heterocycles. The van der Waals surface area contributed by atoms with Crippen molar-refractivity contribution >= 4 is 39.4 Å². The summed E-state index contributed by atoms with van der Waals surface area (Å²) >= 11 is 3.34. The minimum atomic E-state index is -4.71. The largest absolute Gasteiger partial charge is 0.490 e. The molecule has 0 fully saturated rings. The molecule has 0 bridgehead atoms. The average molecular weight is 533 g/mol. The molecule has 178 valence electrons. The molecule has 2 rings (SSSR count). The summed E-state index contributed by atoms with van der Waals surface area (Å²) in [6, 6.07) is 5.25. The van der Waals surface area contributed by atoms with Gasteiger partial charge in [0, 0.05) is 20.2 Å². The molecule has 0 aliphatic rings. The Balaban J connectivity index is 2.26. The Kier molecular flexibility index (Phi) is 8.63. The molecular formula is C20H20BrF3N4O5. The van der Waals surface area contributed by atoms with Gasteiger partial charge in [0.05, 0.1) is 27.8 Å². The molecule has 1 N–H and O–H groups in total. The molecule has 0 aromatic heterocycles. The van der Waals surface area contributed by atoms with E-state index in [1.54, 1.807) is 33.2 Å². The summed E-state index contributed by atoms with van der Waals surface area (Å²) in [6.45, 7) is 1.86. The molecule has 0 aliphatic carbocycles. The number of nitro benzene ring substituents is 1. The van der Waals surface area contributed by atoms with Gasteiger partial charge in [-0.1, -0.05) is 0 Å². The van der Waals surface area contributed by atoms with Gasteiger partial charge in [0.2, 0.25) is 0 Å². The predicted octanol–water partition coefficient (Wildman–Crippen LogP) is 4.69. The van der Waals surface area contributed by atoms with Crippen LogP contribution in [0.5, 0.6) is 11.5 Å². The number of nitro groups is 1. The van der Waals surface area contributed by atoms with Crippen LogP contribution in [0.2, 0.25) is 0 Å². The van der Waals surface area contributed by atoms with Crippen LogP contribution < -0.4 is 14.9 Å². The molecule has 0 radical (unpaired) electrons. The zero-order chi connectivity index (χ0) is 24.8. The molecule has 33 heavy (non-hydrogen) atoms. The Morgan fingerprint density at radius 2 is 1.97 bits per heavy atom. The fourth-order valence-electron chi connectivity index (χ4n) is 2.46. The van der Waals surface area contributed by atoms with E-state index in [1.165, 1.54) is 11.1 Å². The first-order valence-corrected chi connectivity index (χ1v) is 10.2. The molecular weight excluding hydrogens is 513 g/mol. The van der Waals surface area contributed by atoms with E-state index >= 15 is 0 Å². The molecule has 1 amide bonds. The quantitative estimate of drug-likeness (QED) is 0.285. The lowest BCUT2D eigenvalue weighted by molar-refractivity contribution is -0.384. The van der Waals surface area contributed by atoms with Gasteiger partial charge >= 0.3 is 6.18 Å². The highest BCUT2D eigenvalue weighted by molar-refractivity contribution is 9.10. The summed E-state index contributed by atoms with van der Waals surface area (Å²) in [4.78, 5) is 23.4. The zero-order valence-electron chi connectivity index (χ0n) is 17.8. The summed E-state index contributed by atoms with van der Waals surface area (Å²) in [7, 11) is 3.19. The van der Waals surface area contributed by atoms with E-state index in [4.69, 9.17) is 9.47 Å². The third-order valence-corrected chi connectivity index (χ3v) is 4.68. The minimum absolute atomic E-state index is 0.210. The van der Waals surface area contributed by atoms with E-state index in [1.807, 2.05) is 0 Å². The number of amides is 1. The molecule has 9 nitrogen and oxygen atoms in total. The van der Waals surface area contributed by atoms with Gasteiger partial charge in [0.25, 0.3) is 11.6 Å². The molecule has 0 atom stereocenters. The number of halogens is 4. The smallest absolute Gasteiger partial charge is 0.416 e. The maximum absolute atomic E-state index is 12.8. The summed E-state index contributed by atoms with van der Waals surface area (Å²) in [6.07, 6.45) is -3.42. The number of benzene rings is 2. The highest BCUT2D eigenvalue weighted by atomic mass is 79.9. The monoisotopic (exact) mass is 532 g/mol. The fraction of sp³-hybridized carbons (Fsp3) is 0.300. The molecule has 2 aromatic rings. The van der Waals surface area contributed by atoms with Crippen molar-refractivity contribution in [3.8, 4) is 11.5 Å². The third-order valence-electron chi connectivity index (χ3n) is 4.09. The van der Waals surface area contributed by atoms with Crippen LogP contribution in [0, 0.1) is 10.1 Å². The number of alkyl halides is 3. The first-order valence-electron chi connectivity index (χ1n) is 9.38. The lowest BCUT2D eigenvalue weighted by Gasteiger charge is -2.16. The Hall–Kier alpha value is -3.35. The van der Waals surface area contributed by atoms with Crippen LogP contribution in [0.1, 0.15) is 18.1 Å². The SMILES string of the molecule is CCOc1cc(/C=N\Nc2ccc(C(F)(F)F)cc2[N+](=O)[O-])cc(Br)c1OCC(=O)N(C)C. The lowest BCUT2D eigenvalue weighted by atomic mass is 10.1. The van der Waals surface area contributed by atoms with Gasteiger partial charge < -0.3 is 14.4 Å². The van der Waals surface area contributed by atoms with Crippen molar-refractivity contribution < 1.29 is 32.4 Å². The second-order valence-electron chi connectivity index (χ2n) is 6.70. The number of carbonyl (C=O) groups excluding carboxylic acids is 1. The van der Waals surface area contributed by atoms with Gasteiger partial charge in [-0.05, 0) is 52.7 Å². The van der Waals surface area contributed by atoms with Crippen molar-refractivity contribution in [3.05, 3.63) is 56.0 Å². The van der Waals surface area contributed by atoms with Crippen molar-refractivity contribution in [1.29, 1.82) is 0 Å². The van der Waals surface area contributed by atoms with Gasteiger partial charge in [0.1, 0.15) is 5.69 Å². The van der Waals surface area contributed by atoms with Crippen LogP contribution in [0.4, 0.5) is 24.5 Å². The van der Waals surface area contributed by atoms with Gasteiger partial charge in [-0.3, -0.25) is 20.3 Å². The molecule has 0 unspecified atom stereocenters. The number of likely N-dealkylation sites (N-methyl/N-ethyl adjacent to an activating group) is 1. The van der Waals surface area contributed by atoms with E-state index in [0.29, 0.717) is 34.2 Å². The van der Waals surface area contributed by atoms with E-state index in [0.717, 1.165) is 12.1 Å². The van der Waals surface area contributed by atoms with Crippen molar-refractivity contribution in [2.45, 2.75) is 13.1 Å². The van der Waals surface area contributed by atoms with Crippen LogP contribution in [0.15, 0.2) is 39.9 Å². The third kappa shape index (κ3) is 7.07. The van der Waals surface area contributed by atoms with Crippen molar-refractivity contribution in [2.24, 2.45) is 5.10 Å². The first kappa shape index (κ1) is 25.9. The van der Waals surface area contributed by atoms with Crippen LogP contribution in [-0.2, 0) is 11.0 Å². The van der Waals surface area contributed by atoms with Crippen LogP contribution in [-0.4, -0.2) is 49.3 Å². The van der Waals surface area contributed by atoms with Gasteiger partial charge in [0.15, 0.2) is 18.1 Å². The number of hydrogen-bond acceptors (Lipinski definition) is 7. The number of carbonyl (C=O) groups is 1. The number of rotatable bonds is 9. The second-order valence-corrected chi connectivity index (χ2v) is 7.55. The second kappa shape index (κ2) is 11.0. The Labute approximate surface area is 195 Å². The Morgan fingerprint density at radius 3 is 2.55 bits per heavy atom. The van der Waals surface area contributed by atoms with Crippen molar-refractivity contribution in [3.63, 3.8) is 0 Å². The van der Waals surface area contributed by atoms with E-state index < -0.39 is 22.4 Å². The summed E-state index contributed by atoms with van der Waals surface area (Å²) < 4.78 is 50.1. The number of ether oxygens (including phenoxy) is 2. The number of hydrazone groups is 1. The number of anilines is 1. The molecule has 13 heteroatoms. The van der Waals surface area contributed by atoms with Crippen LogP contribution in [0.25, 0.3) is 0 Å². The summed E-state index contributed by atoms with van der Waals surface area (Å²) in [5, 5.41) is 15.0. The number of hydrogen-bond donors (Lipinski definition) is 1. The average Bonchev–Trinajstić information content (AvgIpc) is 2.72. The molecule has 0 spiro atoms. The van der Waals surface area contributed by atoms with Gasteiger partial charge in [-0.15, -0.1) is 0 Å². The van der Waals surface area contributed by atoms with Gasteiger partial charge in [-0.2, -0.15) is 18.3 Å². The number of nitrogens with one attached hydrogen (secondary N) is 1. The fourth-order valence-corrected chi connectivity index (χ4v) is 3.03. The first-order chi connectivity index (χ1) is 15.4. The molecule has 0 saturated carbocycles. The topological polar surface area (TPSA) is 106 Å². The Bertz CT molecular complexity index is 1060. The summed E-state index contributed by atoms with van der Waals surface area (Å²) in [5.41, 5.74) is 0.743.